The summed E-state index contributed by atoms with van der Waals surface area (Å²) in [5.74, 6) is -2.13. The van der Waals surface area contributed by atoms with Gasteiger partial charge in [0.1, 0.15) is 16.8 Å². The molecule has 1 atom stereocenters. The number of anilines is 1. The summed E-state index contributed by atoms with van der Waals surface area (Å²) < 4.78 is 4.94. The Labute approximate surface area is 160 Å². The monoisotopic (exact) mass is 397 g/mol. The third kappa shape index (κ3) is 4.03. The minimum absolute atomic E-state index is 0.165. The molecule has 3 N–H and O–H groups in total. The molecule has 2 rings (SSSR count). The van der Waals surface area contributed by atoms with Crippen molar-refractivity contribution >= 4 is 40.6 Å². The number of ketones is 1. The molecular weight excluding hydrogens is 381 g/mol. The topological polar surface area (TPSA) is 95.9 Å². The number of ether oxygens (including phenoxy) is 1. The zero-order valence-corrected chi connectivity index (χ0v) is 15.6. The van der Waals surface area contributed by atoms with Gasteiger partial charge in [0.2, 0.25) is 0 Å². The number of benzene rings is 2. The molecular formula is C18H17Cl2NO5. The summed E-state index contributed by atoms with van der Waals surface area (Å²) in [5, 5.41) is 22.1. The maximum atomic E-state index is 12.9. The number of aromatic hydroxyl groups is 2. The molecule has 0 amide bonds. The van der Waals surface area contributed by atoms with Gasteiger partial charge in [0.25, 0.3) is 0 Å². The van der Waals surface area contributed by atoms with Gasteiger partial charge in [0, 0.05) is 11.3 Å². The number of phenolic OH excluding ortho intramolecular Hbond substituents is 2. The average Bonchev–Trinajstić information content (AvgIpc) is 2.63. The van der Waals surface area contributed by atoms with Crippen molar-refractivity contribution in [3.63, 3.8) is 0 Å². The van der Waals surface area contributed by atoms with Crippen LogP contribution in [0.15, 0.2) is 30.3 Å². The molecule has 8 heteroatoms. The van der Waals surface area contributed by atoms with E-state index in [1.54, 1.807) is 32.0 Å². The summed E-state index contributed by atoms with van der Waals surface area (Å²) in [5.41, 5.74) is 0.394. The molecule has 0 heterocycles. The van der Waals surface area contributed by atoms with Crippen molar-refractivity contribution in [3.8, 4) is 11.5 Å². The number of hydrogen-bond acceptors (Lipinski definition) is 6. The van der Waals surface area contributed by atoms with E-state index in [2.05, 4.69) is 5.32 Å². The molecule has 0 aliphatic heterocycles. The Morgan fingerprint density at radius 3 is 2.46 bits per heavy atom. The predicted molar refractivity (Wildman–Crippen MR) is 99.4 cm³/mol. The van der Waals surface area contributed by atoms with E-state index < -0.39 is 34.3 Å². The molecule has 0 radical (unpaired) electrons. The van der Waals surface area contributed by atoms with Crippen molar-refractivity contribution < 1.29 is 24.5 Å². The molecule has 2 aromatic carbocycles. The molecule has 0 saturated carbocycles. The second-order valence-electron chi connectivity index (χ2n) is 5.41. The van der Waals surface area contributed by atoms with E-state index in [0.717, 1.165) is 6.07 Å². The Kier molecular flexibility index (Phi) is 6.34. The van der Waals surface area contributed by atoms with Crippen LogP contribution in [-0.2, 0) is 9.53 Å². The zero-order valence-electron chi connectivity index (χ0n) is 14.0. The van der Waals surface area contributed by atoms with Crippen LogP contribution in [0.2, 0.25) is 10.0 Å². The third-order valence-electron chi connectivity index (χ3n) is 3.60. The van der Waals surface area contributed by atoms with E-state index in [0.29, 0.717) is 5.69 Å². The molecule has 0 saturated heterocycles. The fourth-order valence-electron chi connectivity index (χ4n) is 2.28. The van der Waals surface area contributed by atoms with E-state index >= 15 is 0 Å². The lowest BCUT2D eigenvalue weighted by Gasteiger charge is -2.17. The molecule has 6 nitrogen and oxygen atoms in total. The van der Waals surface area contributed by atoms with Crippen molar-refractivity contribution in [1.29, 1.82) is 0 Å². The molecule has 0 aromatic heterocycles. The van der Waals surface area contributed by atoms with Gasteiger partial charge in [0.05, 0.1) is 17.2 Å². The third-order valence-corrected chi connectivity index (χ3v) is 4.24. The summed E-state index contributed by atoms with van der Waals surface area (Å²) in [6, 6.07) is 6.90. The lowest BCUT2D eigenvalue weighted by atomic mass is 10.00. The number of para-hydroxylation sites is 1. The van der Waals surface area contributed by atoms with Crippen LogP contribution < -0.4 is 5.32 Å². The second-order valence-corrected chi connectivity index (χ2v) is 6.20. The minimum atomic E-state index is -0.690. The van der Waals surface area contributed by atoms with Gasteiger partial charge in [-0.15, -0.1) is 0 Å². The normalized spacial score (nSPS) is 11.7. The summed E-state index contributed by atoms with van der Waals surface area (Å²) >= 11 is 11.7. The van der Waals surface area contributed by atoms with Gasteiger partial charge >= 0.3 is 5.97 Å². The molecule has 1 unspecified atom stereocenters. The van der Waals surface area contributed by atoms with E-state index in [-0.39, 0.29) is 22.8 Å². The van der Waals surface area contributed by atoms with Crippen LogP contribution in [0.1, 0.15) is 29.8 Å². The smallest absolute Gasteiger partial charge is 0.328 e. The molecule has 138 valence electrons. The Morgan fingerprint density at radius 1 is 1.15 bits per heavy atom. The van der Waals surface area contributed by atoms with Crippen molar-refractivity contribution in [3.05, 3.63) is 51.5 Å². The number of hydrogen-bond donors (Lipinski definition) is 3. The number of phenols is 2. The standard InChI is InChI=1S/C18H17Cl2NO5/c1-3-26-18(25)9(2)21-13-7-5-4-6-10(13)15(22)11-8-12(19)17(24)14(20)16(11)23/h4-9,21,23-24H,3H2,1-2H3. The largest absolute Gasteiger partial charge is 0.505 e. The molecule has 0 fully saturated rings. The number of rotatable bonds is 6. The molecule has 0 spiro atoms. The number of nitrogens with one attached hydrogen (secondary N) is 1. The van der Waals surface area contributed by atoms with Crippen molar-refractivity contribution in [2.45, 2.75) is 19.9 Å². The molecule has 0 aliphatic carbocycles. The lowest BCUT2D eigenvalue weighted by molar-refractivity contribution is -0.143. The summed E-state index contributed by atoms with van der Waals surface area (Å²) in [6.07, 6.45) is 0. The van der Waals surface area contributed by atoms with Crippen molar-refractivity contribution in [1.82, 2.24) is 0 Å². The van der Waals surface area contributed by atoms with E-state index in [1.165, 1.54) is 6.07 Å². The summed E-state index contributed by atoms with van der Waals surface area (Å²) in [6.45, 7) is 3.54. The highest BCUT2D eigenvalue weighted by Crippen LogP contribution is 2.42. The van der Waals surface area contributed by atoms with Crippen LogP contribution in [0.25, 0.3) is 0 Å². The summed E-state index contributed by atoms with van der Waals surface area (Å²) in [7, 11) is 0. The number of carbonyl (C=O) groups is 2. The molecule has 0 aliphatic rings. The molecule has 2 aromatic rings. The van der Waals surface area contributed by atoms with Gasteiger partial charge in [-0.2, -0.15) is 0 Å². The first-order chi connectivity index (χ1) is 12.3. The Bertz CT molecular complexity index is 854. The van der Waals surface area contributed by atoms with Gasteiger partial charge in [-0.1, -0.05) is 35.3 Å². The summed E-state index contributed by atoms with van der Waals surface area (Å²) in [4.78, 5) is 24.7. The van der Waals surface area contributed by atoms with Crippen molar-refractivity contribution in [2.24, 2.45) is 0 Å². The van der Waals surface area contributed by atoms with Crippen molar-refractivity contribution in [2.75, 3.05) is 11.9 Å². The highest BCUT2D eigenvalue weighted by molar-refractivity contribution is 6.39. The maximum absolute atomic E-state index is 12.9. The van der Waals surface area contributed by atoms with Crippen LogP contribution in [0, 0.1) is 0 Å². The van der Waals surface area contributed by atoms with Gasteiger partial charge in [-0.25, -0.2) is 4.79 Å². The van der Waals surface area contributed by atoms with Gasteiger partial charge in [-0.05, 0) is 32.0 Å². The van der Waals surface area contributed by atoms with E-state index in [1.807, 2.05) is 0 Å². The number of halogens is 2. The highest BCUT2D eigenvalue weighted by atomic mass is 35.5. The van der Waals surface area contributed by atoms with E-state index in [4.69, 9.17) is 27.9 Å². The average molecular weight is 398 g/mol. The maximum Gasteiger partial charge on any atom is 0.328 e. The van der Waals surface area contributed by atoms with Gasteiger partial charge in [-0.3, -0.25) is 4.79 Å². The second kappa shape index (κ2) is 8.29. The van der Waals surface area contributed by atoms with Crippen LogP contribution in [0.5, 0.6) is 11.5 Å². The fourth-order valence-corrected chi connectivity index (χ4v) is 2.74. The van der Waals surface area contributed by atoms with Gasteiger partial charge < -0.3 is 20.3 Å². The highest BCUT2D eigenvalue weighted by Gasteiger charge is 2.24. The Balaban J connectivity index is 2.41. The fraction of sp³-hybridized carbons (Fsp3) is 0.222. The quantitative estimate of drug-likeness (QED) is 0.503. The number of carbonyl (C=O) groups excluding carboxylic acids is 2. The van der Waals surface area contributed by atoms with Gasteiger partial charge in [0.15, 0.2) is 11.5 Å². The van der Waals surface area contributed by atoms with Crippen LogP contribution in [0.3, 0.4) is 0 Å². The first kappa shape index (κ1) is 19.9. The molecule has 0 bridgehead atoms. The van der Waals surface area contributed by atoms with E-state index in [9.17, 15) is 19.8 Å². The molecule has 26 heavy (non-hydrogen) atoms. The van der Waals surface area contributed by atoms with Crippen LogP contribution in [0.4, 0.5) is 5.69 Å². The first-order valence-corrected chi connectivity index (χ1v) is 8.50. The van der Waals surface area contributed by atoms with Crippen LogP contribution >= 0.6 is 23.2 Å². The van der Waals surface area contributed by atoms with Crippen LogP contribution in [-0.4, -0.2) is 34.6 Å². The zero-order chi connectivity index (χ0) is 19.4. The lowest BCUT2D eigenvalue weighted by Crippen LogP contribution is -2.29. The Hall–Kier alpha value is -2.44. The minimum Gasteiger partial charge on any atom is -0.505 e. The number of esters is 1. The SMILES string of the molecule is CCOC(=O)C(C)Nc1ccccc1C(=O)c1cc(Cl)c(O)c(Cl)c1O. The predicted octanol–water partition coefficient (Wildman–Crippen LogP) is 4.00. The Morgan fingerprint density at radius 2 is 1.81 bits per heavy atom. The first-order valence-electron chi connectivity index (χ1n) is 7.74.